The van der Waals surface area contributed by atoms with Crippen LogP contribution in [0.4, 0.5) is 11.4 Å². The third-order valence-electron chi connectivity index (χ3n) is 5.56. The van der Waals surface area contributed by atoms with Gasteiger partial charge in [-0.1, -0.05) is 97.1 Å². The van der Waals surface area contributed by atoms with Gasteiger partial charge >= 0.3 is 0 Å². The van der Waals surface area contributed by atoms with Crippen LogP contribution in [0.15, 0.2) is 132 Å². The van der Waals surface area contributed by atoms with Gasteiger partial charge in [-0.3, -0.25) is 10.0 Å². The van der Waals surface area contributed by atoms with Gasteiger partial charge in [0.1, 0.15) is 0 Å². The molecule has 0 aliphatic heterocycles. The number of rotatable bonds is 9. The van der Waals surface area contributed by atoms with Crippen LogP contribution in [0.1, 0.15) is 25.0 Å². The first-order valence-electron chi connectivity index (χ1n) is 11.6. The summed E-state index contributed by atoms with van der Waals surface area (Å²) in [5.74, 6) is 0. The van der Waals surface area contributed by atoms with Crippen molar-refractivity contribution in [3.63, 3.8) is 0 Å². The summed E-state index contributed by atoms with van der Waals surface area (Å²) >= 11 is 0. The molecular weight excluding hydrogens is 416 g/mol. The van der Waals surface area contributed by atoms with Gasteiger partial charge in [0.25, 0.3) is 0 Å². The summed E-state index contributed by atoms with van der Waals surface area (Å²) in [6.45, 7) is 5.46. The second-order valence-electron chi connectivity index (χ2n) is 8.02. The summed E-state index contributed by atoms with van der Waals surface area (Å²) in [5, 5.41) is 14.1. The van der Waals surface area contributed by atoms with E-state index in [9.17, 15) is 0 Å². The van der Waals surface area contributed by atoms with Crippen molar-refractivity contribution >= 4 is 22.8 Å². The predicted octanol–water partition coefficient (Wildman–Crippen LogP) is 6.85. The molecule has 0 unspecified atom stereocenters. The van der Waals surface area contributed by atoms with Gasteiger partial charge in [-0.15, -0.1) is 0 Å². The van der Waals surface area contributed by atoms with Crippen LogP contribution < -0.4 is 10.0 Å². The van der Waals surface area contributed by atoms with Crippen molar-refractivity contribution in [3.8, 4) is 0 Å². The first-order valence-corrected chi connectivity index (χ1v) is 11.6. The highest BCUT2D eigenvalue weighted by Gasteiger charge is 2.12. The molecule has 0 amide bonds. The molecule has 0 heterocycles. The lowest BCUT2D eigenvalue weighted by Crippen LogP contribution is -2.31. The van der Waals surface area contributed by atoms with E-state index in [-0.39, 0.29) is 0 Å². The normalized spacial score (nSPS) is 11.8. The average Bonchev–Trinajstić information content (AvgIpc) is 2.92. The smallest absolute Gasteiger partial charge is 0.0650 e. The van der Waals surface area contributed by atoms with Crippen molar-refractivity contribution in [1.29, 1.82) is 0 Å². The Kier molecular flexibility index (Phi) is 7.86. The second-order valence-corrected chi connectivity index (χ2v) is 8.02. The number of para-hydroxylation sites is 2. The summed E-state index contributed by atoms with van der Waals surface area (Å²) in [6.07, 6.45) is 0. The maximum atomic E-state index is 4.99. The Hall–Kier alpha value is -4.18. The highest BCUT2D eigenvalue weighted by molar-refractivity contribution is 5.99. The average molecular weight is 447 g/mol. The molecular formula is C30H30N4. The Bertz CT molecular complexity index is 1100. The van der Waals surface area contributed by atoms with Crippen LogP contribution in [-0.4, -0.2) is 24.5 Å². The molecule has 4 heteroatoms. The monoisotopic (exact) mass is 446 g/mol. The summed E-state index contributed by atoms with van der Waals surface area (Å²) in [5.41, 5.74) is 6.27. The molecule has 0 radical (unpaired) electrons. The zero-order chi connectivity index (χ0) is 23.6. The molecule has 170 valence electrons. The minimum Gasteiger partial charge on any atom is -0.263 e. The topological polar surface area (TPSA) is 31.2 Å². The molecule has 0 fully saturated rings. The summed E-state index contributed by atoms with van der Waals surface area (Å²) in [4.78, 5) is 0. The number of nitrogens with zero attached hydrogens (tertiary/aromatic N) is 4. The zero-order valence-electron chi connectivity index (χ0n) is 19.8. The number of anilines is 2. The fourth-order valence-electron chi connectivity index (χ4n) is 3.70. The molecule has 4 aromatic carbocycles. The van der Waals surface area contributed by atoms with Gasteiger partial charge in [-0.2, -0.15) is 10.2 Å². The van der Waals surface area contributed by atoms with Gasteiger partial charge in [-0.05, 0) is 49.2 Å². The number of hydrogen-bond donors (Lipinski definition) is 0. The lowest BCUT2D eigenvalue weighted by molar-refractivity contribution is 0.770. The summed E-state index contributed by atoms with van der Waals surface area (Å²) < 4.78 is 0. The van der Waals surface area contributed by atoms with E-state index in [0.29, 0.717) is 13.1 Å². The largest absolute Gasteiger partial charge is 0.263 e. The molecule has 0 spiro atoms. The van der Waals surface area contributed by atoms with E-state index in [4.69, 9.17) is 10.2 Å². The molecule has 0 aliphatic carbocycles. The van der Waals surface area contributed by atoms with E-state index >= 15 is 0 Å². The minimum atomic E-state index is 0.675. The van der Waals surface area contributed by atoms with E-state index < -0.39 is 0 Å². The van der Waals surface area contributed by atoms with Crippen LogP contribution in [0, 0.1) is 0 Å². The molecule has 4 aromatic rings. The summed E-state index contributed by atoms with van der Waals surface area (Å²) in [6, 6.07) is 41.2. The van der Waals surface area contributed by atoms with E-state index in [1.165, 1.54) is 0 Å². The van der Waals surface area contributed by atoms with Crippen molar-refractivity contribution < 1.29 is 0 Å². The lowest BCUT2D eigenvalue weighted by Gasteiger charge is -2.26. The highest BCUT2D eigenvalue weighted by atomic mass is 15.5. The Morgan fingerprint density at radius 2 is 0.765 bits per heavy atom. The molecule has 0 N–H and O–H groups in total. The number of benzene rings is 4. The quantitative estimate of drug-likeness (QED) is 0.208. The van der Waals surface area contributed by atoms with Gasteiger partial charge in [0, 0.05) is 0 Å². The molecule has 0 saturated heterocycles. The molecule has 0 bridgehead atoms. The first kappa shape index (κ1) is 23.0. The molecule has 4 rings (SSSR count). The standard InChI is InChI=1S/C30H30N4/c1-25(27-15-7-3-8-16-27)31-33(29-19-11-5-12-20-29)23-24-34(30-21-13-6-14-22-30)32-26(2)28-17-9-4-10-18-28/h3-22H,23-24H2,1-2H3/b31-25+,32-26+. The Morgan fingerprint density at radius 3 is 1.09 bits per heavy atom. The first-order chi connectivity index (χ1) is 16.7. The summed E-state index contributed by atoms with van der Waals surface area (Å²) in [7, 11) is 0. The van der Waals surface area contributed by atoms with E-state index in [1.807, 2.05) is 72.8 Å². The third kappa shape index (κ3) is 6.20. The van der Waals surface area contributed by atoms with Crippen LogP contribution in [0.25, 0.3) is 0 Å². The van der Waals surface area contributed by atoms with E-state index in [1.54, 1.807) is 0 Å². The molecule has 0 aliphatic rings. The fourth-order valence-corrected chi connectivity index (χ4v) is 3.70. The molecule has 0 atom stereocenters. The Morgan fingerprint density at radius 1 is 0.471 bits per heavy atom. The minimum absolute atomic E-state index is 0.675. The molecule has 0 aromatic heterocycles. The molecule has 4 nitrogen and oxygen atoms in total. The van der Waals surface area contributed by atoms with Gasteiger partial charge < -0.3 is 0 Å². The number of hydrazone groups is 2. The van der Waals surface area contributed by atoms with Gasteiger partial charge in [0.05, 0.1) is 35.9 Å². The molecule has 34 heavy (non-hydrogen) atoms. The second kappa shape index (κ2) is 11.6. The Labute approximate surface area is 202 Å². The highest BCUT2D eigenvalue weighted by Crippen LogP contribution is 2.19. The SMILES string of the molecule is C/C(=N\N(CCN(/N=C(\C)c1ccccc1)c1ccccc1)c1ccccc1)c1ccccc1. The van der Waals surface area contributed by atoms with Gasteiger partial charge in [0.15, 0.2) is 0 Å². The predicted molar refractivity (Wildman–Crippen MR) is 145 cm³/mol. The fraction of sp³-hybridized carbons (Fsp3) is 0.133. The van der Waals surface area contributed by atoms with Crippen LogP contribution in [0.5, 0.6) is 0 Å². The van der Waals surface area contributed by atoms with Gasteiger partial charge in [-0.25, -0.2) is 0 Å². The van der Waals surface area contributed by atoms with Crippen molar-refractivity contribution in [2.45, 2.75) is 13.8 Å². The van der Waals surface area contributed by atoms with Crippen molar-refractivity contribution in [2.75, 3.05) is 23.1 Å². The molecule has 0 saturated carbocycles. The van der Waals surface area contributed by atoms with E-state index in [2.05, 4.69) is 72.4 Å². The third-order valence-corrected chi connectivity index (χ3v) is 5.56. The maximum Gasteiger partial charge on any atom is 0.0650 e. The van der Waals surface area contributed by atoms with Crippen LogP contribution in [0.3, 0.4) is 0 Å². The van der Waals surface area contributed by atoms with Crippen molar-refractivity contribution in [2.24, 2.45) is 10.2 Å². The van der Waals surface area contributed by atoms with Crippen molar-refractivity contribution in [1.82, 2.24) is 0 Å². The van der Waals surface area contributed by atoms with Crippen LogP contribution in [0.2, 0.25) is 0 Å². The Balaban J connectivity index is 1.62. The van der Waals surface area contributed by atoms with Crippen LogP contribution >= 0.6 is 0 Å². The number of hydrogen-bond acceptors (Lipinski definition) is 4. The lowest BCUT2D eigenvalue weighted by atomic mass is 10.1. The van der Waals surface area contributed by atoms with Gasteiger partial charge in [0.2, 0.25) is 0 Å². The van der Waals surface area contributed by atoms with Crippen molar-refractivity contribution in [3.05, 3.63) is 132 Å². The zero-order valence-corrected chi connectivity index (χ0v) is 19.8. The maximum absolute atomic E-state index is 4.99. The van der Waals surface area contributed by atoms with E-state index in [0.717, 1.165) is 33.9 Å². The van der Waals surface area contributed by atoms with Crippen LogP contribution in [-0.2, 0) is 0 Å².